The number of nitrogens with one attached hydrogen (secondary N) is 1. The minimum Gasteiger partial charge on any atom is -0.435 e. The summed E-state index contributed by atoms with van der Waals surface area (Å²) in [7, 11) is 1.85. The summed E-state index contributed by atoms with van der Waals surface area (Å²) in [5, 5.41) is 3.22. The van der Waals surface area contributed by atoms with Crippen LogP contribution in [0.5, 0.6) is 5.75 Å². The summed E-state index contributed by atoms with van der Waals surface area (Å²) < 4.78 is 29.1. The molecule has 0 heterocycles. The summed E-state index contributed by atoms with van der Waals surface area (Å²) >= 11 is 0. The fourth-order valence-electron chi connectivity index (χ4n) is 2.39. The first-order chi connectivity index (χ1) is 10.1. The van der Waals surface area contributed by atoms with Crippen molar-refractivity contribution in [2.24, 2.45) is 0 Å². The summed E-state index contributed by atoms with van der Waals surface area (Å²) in [6.07, 6.45) is 0.957. The molecule has 2 nitrogen and oxygen atoms in total. The molecule has 0 fully saturated rings. The molecule has 0 saturated heterocycles. The third kappa shape index (κ3) is 4.02. The van der Waals surface area contributed by atoms with E-state index in [1.807, 2.05) is 25.2 Å². The molecule has 2 aromatic carbocycles. The van der Waals surface area contributed by atoms with E-state index in [4.69, 9.17) is 0 Å². The number of hydrogen-bond donors (Lipinski definition) is 1. The van der Waals surface area contributed by atoms with Gasteiger partial charge in [-0.3, -0.25) is 0 Å². The predicted molar refractivity (Wildman–Crippen MR) is 79.8 cm³/mol. The molecular weight excluding hydrogens is 272 g/mol. The topological polar surface area (TPSA) is 21.3 Å². The number of ether oxygens (including phenoxy) is 1. The Bertz CT molecular complexity index is 587. The fraction of sp³-hybridized carbons (Fsp3) is 0.294. The van der Waals surface area contributed by atoms with E-state index in [-0.39, 0.29) is 11.8 Å². The summed E-state index contributed by atoms with van der Waals surface area (Å²) in [6.45, 7) is -0.707. The zero-order valence-corrected chi connectivity index (χ0v) is 12.1. The van der Waals surface area contributed by atoms with Crippen LogP contribution in [0.2, 0.25) is 0 Å². The van der Waals surface area contributed by atoms with Gasteiger partial charge in [-0.2, -0.15) is 8.78 Å². The lowest BCUT2D eigenvalue weighted by atomic mass is 9.96. The normalized spacial score (nSPS) is 12.4. The Balaban J connectivity index is 2.32. The highest BCUT2D eigenvalue weighted by Gasteiger charge is 2.14. The van der Waals surface area contributed by atoms with E-state index in [1.54, 1.807) is 12.1 Å². The van der Waals surface area contributed by atoms with Gasteiger partial charge in [-0.1, -0.05) is 43.3 Å². The van der Waals surface area contributed by atoms with E-state index >= 15 is 0 Å². The number of rotatable bonds is 6. The first kappa shape index (κ1) is 15.4. The molecule has 0 aliphatic rings. The third-order valence-corrected chi connectivity index (χ3v) is 3.40. The molecule has 1 unspecified atom stereocenters. The zero-order chi connectivity index (χ0) is 15.2. The van der Waals surface area contributed by atoms with Crippen LogP contribution in [0.15, 0.2) is 48.5 Å². The van der Waals surface area contributed by atoms with Crippen molar-refractivity contribution in [2.45, 2.75) is 26.0 Å². The maximum Gasteiger partial charge on any atom is 0.387 e. The molecule has 0 radical (unpaired) electrons. The predicted octanol–water partition coefficient (Wildman–Crippen LogP) is 4.16. The molecule has 0 spiro atoms. The quantitative estimate of drug-likeness (QED) is 0.863. The molecule has 0 aromatic heterocycles. The lowest BCUT2D eigenvalue weighted by Gasteiger charge is -2.19. The molecular formula is C17H19F2NO. The molecule has 0 aliphatic carbocycles. The highest BCUT2D eigenvalue weighted by Crippen LogP contribution is 2.26. The monoisotopic (exact) mass is 291 g/mol. The molecule has 0 aliphatic heterocycles. The van der Waals surface area contributed by atoms with Crippen molar-refractivity contribution in [3.05, 3.63) is 65.2 Å². The second-order valence-corrected chi connectivity index (χ2v) is 4.77. The Morgan fingerprint density at radius 3 is 2.33 bits per heavy atom. The van der Waals surface area contributed by atoms with Crippen molar-refractivity contribution in [2.75, 3.05) is 7.05 Å². The lowest BCUT2D eigenvalue weighted by Crippen LogP contribution is -2.18. The van der Waals surface area contributed by atoms with E-state index in [0.717, 1.165) is 17.5 Å². The Hall–Kier alpha value is -1.94. The first-order valence-electron chi connectivity index (χ1n) is 6.95. The maximum absolute atomic E-state index is 12.3. The van der Waals surface area contributed by atoms with E-state index in [1.165, 1.54) is 11.6 Å². The van der Waals surface area contributed by atoms with Crippen molar-refractivity contribution in [3.8, 4) is 5.75 Å². The Labute approximate surface area is 123 Å². The van der Waals surface area contributed by atoms with Gasteiger partial charge in [0.1, 0.15) is 5.75 Å². The van der Waals surface area contributed by atoms with Gasteiger partial charge in [-0.25, -0.2) is 0 Å². The molecule has 0 amide bonds. The van der Waals surface area contributed by atoms with Crippen LogP contribution in [0.4, 0.5) is 8.78 Å². The number of alkyl halides is 2. The van der Waals surface area contributed by atoms with Crippen LogP contribution in [0.25, 0.3) is 0 Å². The van der Waals surface area contributed by atoms with E-state index in [0.29, 0.717) is 0 Å². The summed E-state index contributed by atoms with van der Waals surface area (Å²) in [6, 6.07) is 15.0. The summed E-state index contributed by atoms with van der Waals surface area (Å²) in [5.41, 5.74) is 3.24. The molecule has 21 heavy (non-hydrogen) atoms. The second kappa shape index (κ2) is 7.18. The summed E-state index contributed by atoms with van der Waals surface area (Å²) in [4.78, 5) is 0. The van der Waals surface area contributed by atoms with Crippen LogP contribution in [0.3, 0.4) is 0 Å². The van der Waals surface area contributed by atoms with Crippen LogP contribution in [0, 0.1) is 0 Å². The third-order valence-electron chi connectivity index (χ3n) is 3.40. The number of halogens is 2. The minimum absolute atomic E-state index is 0.0577. The van der Waals surface area contributed by atoms with Crippen LogP contribution in [-0.4, -0.2) is 13.7 Å². The largest absolute Gasteiger partial charge is 0.435 e. The summed E-state index contributed by atoms with van der Waals surface area (Å²) in [5.74, 6) is 0.175. The lowest BCUT2D eigenvalue weighted by molar-refractivity contribution is -0.0498. The molecule has 1 atom stereocenters. The van der Waals surface area contributed by atoms with Gasteiger partial charge in [-0.05, 0) is 42.3 Å². The Morgan fingerprint density at radius 1 is 1.05 bits per heavy atom. The van der Waals surface area contributed by atoms with Gasteiger partial charge in [0, 0.05) is 0 Å². The van der Waals surface area contributed by atoms with Crippen LogP contribution >= 0.6 is 0 Å². The van der Waals surface area contributed by atoms with E-state index < -0.39 is 6.61 Å². The zero-order valence-electron chi connectivity index (χ0n) is 12.1. The van der Waals surface area contributed by atoms with Gasteiger partial charge in [-0.15, -0.1) is 0 Å². The average molecular weight is 291 g/mol. The molecule has 1 N–H and O–H groups in total. The van der Waals surface area contributed by atoms with Gasteiger partial charge < -0.3 is 10.1 Å². The molecule has 2 aromatic rings. The molecule has 2 rings (SSSR count). The van der Waals surface area contributed by atoms with Gasteiger partial charge >= 0.3 is 6.61 Å². The Kier molecular flexibility index (Phi) is 5.28. The van der Waals surface area contributed by atoms with Crippen LogP contribution < -0.4 is 10.1 Å². The van der Waals surface area contributed by atoms with E-state index in [2.05, 4.69) is 29.1 Å². The Morgan fingerprint density at radius 2 is 1.71 bits per heavy atom. The van der Waals surface area contributed by atoms with Crippen LogP contribution in [0.1, 0.15) is 29.7 Å². The van der Waals surface area contributed by atoms with Gasteiger partial charge in [0.2, 0.25) is 0 Å². The molecule has 4 heteroatoms. The highest BCUT2D eigenvalue weighted by molar-refractivity contribution is 5.38. The first-order valence-corrected chi connectivity index (χ1v) is 6.95. The minimum atomic E-state index is -2.81. The standard InChI is InChI=1S/C17H19F2NO/c1-3-12-6-4-7-13(10-12)16(20-2)14-8-5-9-15(11-14)21-17(18)19/h4-11,16-17,20H,3H2,1-2H3. The highest BCUT2D eigenvalue weighted by atomic mass is 19.3. The van der Waals surface area contributed by atoms with Gasteiger partial charge in [0.05, 0.1) is 6.04 Å². The van der Waals surface area contributed by atoms with Crippen molar-refractivity contribution >= 4 is 0 Å². The smallest absolute Gasteiger partial charge is 0.387 e. The van der Waals surface area contributed by atoms with Crippen molar-refractivity contribution < 1.29 is 13.5 Å². The van der Waals surface area contributed by atoms with Gasteiger partial charge in [0.15, 0.2) is 0 Å². The number of benzene rings is 2. The molecule has 0 saturated carbocycles. The van der Waals surface area contributed by atoms with Crippen molar-refractivity contribution in [1.82, 2.24) is 5.32 Å². The second-order valence-electron chi connectivity index (χ2n) is 4.77. The molecule has 112 valence electrons. The average Bonchev–Trinajstić information content (AvgIpc) is 2.48. The van der Waals surface area contributed by atoms with Crippen molar-refractivity contribution in [1.29, 1.82) is 0 Å². The van der Waals surface area contributed by atoms with E-state index in [9.17, 15) is 8.78 Å². The SMILES string of the molecule is CCc1cccc(C(NC)c2cccc(OC(F)F)c2)c1. The fourth-order valence-corrected chi connectivity index (χ4v) is 2.39. The van der Waals surface area contributed by atoms with Crippen molar-refractivity contribution in [3.63, 3.8) is 0 Å². The molecule has 0 bridgehead atoms. The number of hydrogen-bond acceptors (Lipinski definition) is 2. The maximum atomic E-state index is 12.3. The number of aryl methyl sites for hydroxylation is 1. The van der Waals surface area contributed by atoms with Crippen LogP contribution in [-0.2, 0) is 6.42 Å². The van der Waals surface area contributed by atoms with Gasteiger partial charge in [0.25, 0.3) is 0 Å².